The van der Waals surface area contributed by atoms with Gasteiger partial charge in [-0.3, -0.25) is 4.79 Å². The molecule has 5 nitrogen and oxygen atoms in total. The lowest BCUT2D eigenvalue weighted by Gasteiger charge is -2.12. The lowest BCUT2D eigenvalue weighted by atomic mass is 10.1. The average Bonchev–Trinajstić information content (AvgIpc) is 2.21. The number of carbonyl (C=O) groups is 1. The van der Waals surface area contributed by atoms with Gasteiger partial charge in [0.1, 0.15) is 5.75 Å². The first-order valence-corrected chi connectivity index (χ1v) is 4.54. The lowest BCUT2D eigenvalue weighted by molar-refractivity contribution is 0.0923. The van der Waals surface area contributed by atoms with Gasteiger partial charge in [0.25, 0.3) is 5.91 Å². The van der Waals surface area contributed by atoms with E-state index in [9.17, 15) is 9.90 Å². The topological polar surface area (TPSA) is 95.6 Å². The maximum atomic E-state index is 11.6. The summed E-state index contributed by atoms with van der Waals surface area (Å²) in [5.74, 6) is -0.434. The Hall–Kier alpha value is -1.75. The maximum absolute atomic E-state index is 11.6. The standard InChI is InChI=1S/C10H14N2O3/c1-6(5-13)12-10(15)8-4-7(14)2-3-9(8)11/h2-4,6,13-14H,5,11H2,1H3,(H,12,15). The number of aliphatic hydroxyl groups is 1. The third kappa shape index (κ3) is 2.85. The number of nitrogen functional groups attached to an aromatic ring is 1. The minimum atomic E-state index is -0.412. The van der Waals surface area contributed by atoms with Crippen molar-refractivity contribution in [2.45, 2.75) is 13.0 Å². The molecule has 0 aliphatic rings. The van der Waals surface area contributed by atoms with Crippen molar-refractivity contribution in [2.75, 3.05) is 12.3 Å². The van der Waals surface area contributed by atoms with Crippen molar-refractivity contribution in [3.05, 3.63) is 23.8 Å². The number of nitrogens with two attached hydrogens (primary N) is 1. The summed E-state index contributed by atoms with van der Waals surface area (Å²) in [5, 5.41) is 20.5. The number of benzene rings is 1. The molecule has 15 heavy (non-hydrogen) atoms. The summed E-state index contributed by atoms with van der Waals surface area (Å²) >= 11 is 0. The summed E-state index contributed by atoms with van der Waals surface area (Å²) in [6.45, 7) is 1.52. The Balaban J connectivity index is 2.86. The molecule has 5 heteroatoms. The summed E-state index contributed by atoms with van der Waals surface area (Å²) < 4.78 is 0. The van der Waals surface area contributed by atoms with Crippen molar-refractivity contribution < 1.29 is 15.0 Å². The summed E-state index contributed by atoms with van der Waals surface area (Å²) in [5.41, 5.74) is 6.06. The first-order valence-electron chi connectivity index (χ1n) is 4.54. The Morgan fingerprint density at radius 3 is 2.87 bits per heavy atom. The van der Waals surface area contributed by atoms with Gasteiger partial charge in [-0.2, -0.15) is 0 Å². The first kappa shape index (κ1) is 11.3. The lowest BCUT2D eigenvalue weighted by Crippen LogP contribution is -2.35. The Labute approximate surface area is 87.5 Å². The fourth-order valence-corrected chi connectivity index (χ4v) is 1.09. The van der Waals surface area contributed by atoms with Gasteiger partial charge in [-0.25, -0.2) is 0 Å². The van der Waals surface area contributed by atoms with Gasteiger partial charge in [0.05, 0.1) is 12.2 Å². The first-order chi connectivity index (χ1) is 7.04. The molecule has 0 aromatic heterocycles. The van der Waals surface area contributed by atoms with Crippen molar-refractivity contribution in [2.24, 2.45) is 0 Å². The Bertz CT molecular complexity index is 366. The molecule has 0 saturated heterocycles. The molecule has 1 rings (SSSR count). The highest BCUT2D eigenvalue weighted by Gasteiger charge is 2.12. The van der Waals surface area contributed by atoms with Gasteiger partial charge in [-0.15, -0.1) is 0 Å². The molecule has 0 aliphatic carbocycles. The van der Waals surface area contributed by atoms with Crippen LogP contribution < -0.4 is 11.1 Å². The normalized spacial score (nSPS) is 12.1. The second-order valence-corrected chi connectivity index (χ2v) is 3.33. The number of rotatable bonds is 3. The van der Waals surface area contributed by atoms with Crippen molar-refractivity contribution in [3.8, 4) is 5.75 Å². The molecule has 0 aliphatic heterocycles. The van der Waals surface area contributed by atoms with Crippen LogP contribution in [0.2, 0.25) is 0 Å². The van der Waals surface area contributed by atoms with E-state index in [-0.39, 0.29) is 29.6 Å². The molecular weight excluding hydrogens is 196 g/mol. The molecule has 1 aromatic rings. The molecular formula is C10H14N2O3. The van der Waals surface area contributed by atoms with Crippen molar-refractivity contribution in [1.29, 1.82) is 0 Å². The minimum Gasteiger partial charge on any atom is -0.508 e. The van der Waals surface area contributed by atoms with Crippen LogP contribution in [0.4, 0.5) is 5.69 Å². The largest absolute Gasteiger partial charge is 0.508 e. The van der Waals surface area contributed by atoms with Crippen molar-refractivity contribution >= 4 is 11.6 Å². The maximum Gasteiger partial charge on any atom is 0.253 e. The van der Waals surface area contributed by atoms with Crippen LogP contribution in [0.25, 0.3) is 0 Å². The zero-order chi connectivity index (χ0) is 11.4. The number of hydrogen-bond donors (Lipinski definition) is 4. The van der Waals surface area contributed by atoms with Gasteiger partial charge in [-0.05, 0) is 25.1 Å². The summed E-state index contributed by atoms with van der Waals surface area (Å²) in [7, 11) is 0. The minimum absolute atomic E-state index is 0.0222. The van der Waals surface area contributed by atoms with Crippen LogP contribution in [0.5, 0.6) is 5.75 Å². The highest BCUT2D eigenvalue weighted by molar-refractivity contribution is 5.99. The van der Waals surface area contributed by atoms with E-state index in [1.165, 1.54) is 18.2 Å². The Morgan fingerprint density at radius 2 is 2.27 bits per heavy atom. The van der Waals surface area contributed by atoms with Gasteiger partial charge in [0, 0.05) is 11.7 Å². The molecule has 0 radical (unpaired) electrons. The van der Waals surface area contributed by atoms with Crippen LogP contribution >= 0.6 is 0 Å². The van der Waals surface area contributed by atoms with Crippen LogP contribution in [0.15, 0.2) is 18.2 Å². The fraction of sp³-hybridized carbons (Fsp3) is 0.300. The molecule has 82 valence electrons. The predicted molar refractivity (Wildman–Crippen MR) is 56.5 cm³/mol. The van der Waals surface area contributed by atoms with E-state index in [0.717, 1.165) is 0 Å². The Kier molecular flexibility index (Phi) is 3.51. The zero-order valence-electron chi connectivity index (χ0n) is 8.40. The van der Waals surface area contributed by atoms with Gasteiger partial charge >= 0.3 is 0 Å². The highest BCUT2D eigenvalue weighted by Crippen LogP contribution is 2.18. The number of aromatic hydroxyl groups is 1. The number of anilines is 1. The second-order valence-electron chi connectivity index (χ2n) is 3.33. The van der Waals surface area contributed by atoms with E-state index >= 15 is 0 Å². The van der Waals surface area contributed by atoms with E-state index in [1.807, 2.05) is 0 Å². The van der Waals surface area contributed by atoms with Gasteiger partial charge < -0.3 is 21.3 Å². The number of amides is 1. The summed E-state index contributed by atoms with van der Waals surface area (Å²) in [6.07, 6.45) is 0. The number of aliphatic hydroxyl groups excluding tert-OH is 1. The zero-order valence-corrected chi connectivity index (χ0v) is 8.40. The van der Waals surface area contributed by atoms with Gasteiger partial charge in [0.15, 0.2) is 0 Å². The molecule has 0 heterocycles. The van der Waals surface area contributed by atoms with Gasteiger partial charge in [-0.1, -0.05) is 0 Å². The second kappa shape index (κ2) is 4.65. The van der Waals surface area contributed by atoms with Crippen LogP contribution in [0, 0.1) is 0 Å². The number of hydrogen-bond acceptors (Lipinski definition) is 4. The number of phenols is 1. The number of phenolic OH excluding ortho intramolecular Hbond substituents is 1. The van der Waals surface area contributed by atoms with E-state index in [4.69, 9.17) is 10.8 Å². The smallest absolute Gasteiger partial charge is 0.253 e. The van der Waals surface area contributed by atoms with Crippen LogP contribution in [-0.4, -0.2) is 28.8 Å². The summed E-state index contributed by atoms with van der Waals surface area (Å²) in [6, 6.07) is 3.80. The third-order valence-corrected chi connectivity index (χ3v) is 1.93. The summed E-state index contributed by atoms with van der Waals surface area (Å²) in [4.78, 5) is 11.6. The number of carbonyl (C=O) groups excluding carboxylic acids is 1. The highest BCUT2D eigenvalue weighted by atomic mass is 16.3. The van der Waals surface area contributed by atoms with Crippen molar-refractivity contribution in [3.63, 3.8) is 0 Å². The molecule has 1 atom stereocenters. The quantitative estimate of drug-likeness (QED) is 0.420. The van der Waals surface area contributed by atoms with Crippen LogP contribution in [-0.2, 0) is 0 Å². The molecule has 0 saturated carbocycles. The fourth-order valence-electron chi connectivity index (χ4n) is 1.09. The predicted octanol–water partition coefficient (Wildman–Crippen LogP) is 0.0850. The third-order valence-electron chi connectivity index (χ3n) is 1.93. The average molecular weight is 210 g/mol. The van der Waals surface area contributed by atoms with E-state index in [0.29, 0.717) is 0 Å². The van der Waals surface area contributed by atoms with Crippen LogP contribution in [0.3, 0.4) is 0 Å². The monoisotopic (exact) mass is 210 g/mol. The molecule has 1 amide bonds. The van der Waals surface area contributed by atoms with Gasteiger partial charge in [0.2, 0.25) is 0 Å². The van der Waals surface area contributed by atoms with E-state index in [2.05, 4.69) is 5.32 Å². The molecule has 5 N–H and O–H groups in total. The van der Waals surface area contributed by atoms with Crippen LogP contribution in [0.1, 0.15) is 17.3 Å². The molecule has 0 spiro atoms. The molecule has 1 unspecified atom stereocenters. The van der Waals surface area contributed by atoms with E-state index in [1.54, 1.807) is 6.92 Å². The SMILES string of the molecule is CC(CO)NC(=O)c1cc(O)ccc1N. The van der Waals surface area contributed by atoms with Crippen molar-refractivity contribution in [1.82, 2.24) is 5.32 Å². The van der Waals surface area contributed by atoms with E-state index < -0.39 is 5.91 Å². The Morgan fingerprint density at radius 1 is 1.60 bits per heavy atom. The molecule has 1 aromatic carbocycles. The molecule has 0 bridgehead atoms. The number of nitrogens with one attached hydrogen (secondary N) is 1. The molecule has 0 fully saturated rings.